The van der Waals surface area contributed by atoms with Crippen molar-refractivity contribution in [2.45, 2.75) is 5.92 Å². The van der Waals surface area contributed by atoms with Crippen molar-refractivity contribution in [2.24, 2.45) is 0 Å². The molecule has 0 saturated heterocycles. The van der Waals surface area contributed by atoms with E-state index in [1.807, 2.05) is 18.2 Å². The second kappa shape index (κ2) is 4.94. The molecule has 0 aliphatic heterocycles. The van der Waals surface area contributed by atoms with Crippen LogP contribution >= 0.6 is 0 Å². The summed E-state index contributed by atoms with van der Waals surface area (Å²) in [5.41, 5.74) is 0.0989. The van der Waals surface area contributed by atoms with Gasteiger partial charge in [0.1, 0.15) is 5.92 Å². The van der Waals surface area contributed by atoms with E-state index >= 15 is 0 Å². The Labute approximate surface area is 109 Å². The molecule has 0 radical (unpaired) electrons. The SMILES string of the molecule is C=C(C(=O)O)C(C(=O)O)c1cccc2ccccc12. The van der Waals surface area contributed by atoms with Gasteiger partial charge in [-0.05, 0) is 16.3 Å². The van der Waals surface area contributed by atoms with Crippen LogP contribution in [-0.4, -0.2) is 22.2 Å². The van der Waals surface area contributed by atoms with E-state index in [0.717, 1.165) is 10.8 Å². The van der Waals surface area contributed by atoms with Crippen molar-refractivity contribution in [2.75, 3.05) is 0 Å². The van der Waals surface area contributed by atoms with Gasteiger partial charge in [-0.15, -0.1) is 0 Å². The number of fused-ring (bicyclic) bond motifs is 1. The van der Waals surface area contributed by atoms with Gasteiger partial charge in [0, 0.05) is 5.57 Å². The van der Waals surface area contributed by atoms with Crippen molar-refractivity contribution >= 4 is 22.7 Å². The number of hydrogen-bond donors (Lipinski definition) is 2. The Bertz CT molecular complexity index is 667. The molecule has 2 aromatic rings. The van der Waals surface area contributed by atoms with E-state index in [9.17, 15) is 14.7 Å². The maximum Gasteiger partial charge on any atom is 0.332 e. The van der Waals surface area contributed by atoms with Crippen LogP contribution in [0.2, 0.25) is 0 Å². The minimum atomic E-state index is -1.31. The van der Waals surface area contributed by atoms with Crippen LogP contribution in [0.15, 0.2) is 54.6 Å². The van der Waals surface area contributed by atoms with E-state index in [1.54, 1.807) is 24.3 Å². The van der Waals surface area contributed by atoms with Gasteiger partial charge >= 0.3 is 11.9 Å². The maximum absolute atomic E-state index is 11.4. The molecule has 0 heterocycles. The molecule has 1 unspecified atom stereocenters. The molecule has 2 N–H and O–H groups in total. The summed E-state index contributed by atoms with van der Waals surface area (Å²) in [6, 6.07) is 12.4. The van der Waals surface area contributed by atoms with E-state index in [1.165, 1.54) is 0 Å². The van der Waals surface area contributed by atoms with Crippen molar-refractivity contribution in [3.8, 4) is 0 Å². The average Bonchev–Trinajstić information content (AvgIpc) is 2.38. The fourth-order valence-corrected chi connectivity index (χ4v) is 2.10. The van der Waals surface area contributed by atoms with Gasteiger partial charge in [-0.1, -0.05) is 49.0 Å². The van der Waals surface area contributed by atoms with Crippen LogP contribution in [0.3, 0.4) is 0 Å². The molecule has 2 aromatic carbocycles. The molecule has 0 bridgehead atoms. The van der Waals surface area contributed by atoms with Gasteiger partial charge in [-0.3, -0.25) is 4.79 Å². The van der Waals surface area contributed by atoms with Gasteiger partial charge < -0.3 is 10.2 Å². The molecule has 0 amide bonds. The number of carboxylic acids is 2. The zero-order chi connectivity index (χ0) is 14.0. The normalized spacial score (nSPS) is 12.0. The van der Waals surface area contributed by atoms with Crippen molar-refractivity contribution in [3.05, 3.63) is 60.2 Å². The van der Waals surface area contributed by atoms with Crippen molar-refractivity contribution in [3.63, 3.8) is 0 Å². The number of benzene rings is 2. The van der Waals surface area contributed by atoms with Crippen LogP contribution in [0.1, 0.15) is 11.5 Å². The first-order valence-electron chi connectivity index (χ1n) is 5.65. The van der Waals surface area contributed by atoms with Crippen molar-refractivity contribution in [1.29, 1.82) is 0 Å². The molecule has 0 saturated carbocycles. The quantitative estimate of drug-likeness (QED) is 0.825. The van der Waals surface area contributed by atoms with E-state index in [2.05, 4.69) is 6.58 Å². The number of carbonyl (C=O) groups is 2. The molecular formula is C15H12O4. The van der Waals surface area contributed by atoms with Gasteiger partial charge in [0.05, 0.1) is 0 Å². The lowest BCUT2D eigenvalue weighted by Gasteiger charge is -2.15. The lowest BCUT2D eigenvalue weighted by atomic mass is 9.88. The average molecular weight is 256 g/mol. The molecule has 1 atom stereocenters. The molecule has 2 rings (SSSR count). The summed E-state index contributed by atoms with van der Waals surface area (Å²) in [5, 5.41) is 19.8. The predicted molar refractivity (Wildman–Crippen MR) is 71.1 cm³/mol. The smallest absolute Gasteiger partial charge is 0.332 e. The highest BCUT2D eigenvalue weighted by Gasteiger charge is 2.28. The van der Waals surface area contributed by atoms with Crippen LogP contribution in [0.4, 0.5) is 0 Å². The molecule has 19 heavy (non-hydrogen) atoms. The van der Waals surface area contributed by atoms with Crippen LogP contribution < -0.4 is 0 Å². The first kappa shape index (κ1) is 12.8. The fourth-order valence-electron chi connectivity index (χ4n) is 2.10. The summed E-state index contributed by atoms with van der Waals surface area (Å²) in [4.78, 5) is 22.4. The number of rotatable bonds is 4. The van der Waals surface area contributed by atoms with E-state index in [0.29, 0.717) is 5.56 Å². The van der Waals surface area contributed by atoms with Crippen molar-refractivity contribution < 1.29 is 19.8 Å². The summed E-state index contributed by atoms with van der Waals surface area (Å²) in [6.45, 7) is 3.38. The van der Waals surface area contributed by atoms with Crippen LogP contribution in [0, 0.1) is 0 Å². The number of carboxylic acid groups (broad SMARTS) is 2. The standard InChI is InChI=1S/C15H12O4/c1-9(14(16)17)13(15(18)19)12-8-4-6-10-5-2-3-7-11(10)12/h2-8,13H,1H2,(H,16,17)(H,18,19). The second-order valence-corrected chi connectivity index (χ2v) is 4.17. The zero-order valence-electron chi connectivity index (χ0n) is 10.0. The minimum absolute atomic E-state index is 0.344. The molecular weight excluding hydrogens is 244 g/mol. The van der Waals surface area contributed by atoms with E-state index in [4.69, 9.17) is 5.11 Å². The summed E-state index contributed by atoms with van der Waals surface area (Å²) in [5.74, 6) is -3.77. The van der Waals surface area contributed by atoms with Gasteiger partial charge in [0.15, 0.2) is 0 Å². The third-order valence-electron chi connectivity index (χ3n) is 3.00. The molecule has 0 aliphatic carbocycles. The monoisotopic (exact) mass is 256 g/mol. The highest BCUT2D eigenvalue weighted by atomic mass is 16.4. The largest absolute Gasteiger partial charge is 0.481 e. The Kier molecular flexibility index (Phi) is 3.33. The minimum Gasteiger partial charge on any atom is -0.481 e. The Balaban J connectivity index is 2.67. The van der Waals surface area contributed by atoms with Gasteiger partial charge in [-0.25, -0.2) is 4.79 Å². The molecule has 0 spiro atoms. The zero-order valence-corrected chi connectivity index (χ0v) is 10.0. The molecule has 0 fully saturated rings. The molecule has 0 aromatic heterocycles. The van der Waals surface area contributed by atoms with Crippen LogP contribution in [0.5, 0.6) is 0 Å². The first-order valence-corrected chi connectivity index (χ1v) is 5.65. The highest BCUT2D eigenvalue weighted by molar-refractivity contribution is 6.00. The topological polar surface area (TPSA) is 74.6 Å². The first-order chi connectivity index (χ1) is 9.02. The number of hydrogen-bond acceptors (Lipinski definition) is 2. The summed E-state index contributed by atoms with van der Waals surface area (Å²) >= 11 is 0. The lowest BCUT2D eigenvalue weighted by molar-refractivity contribution is -0.141. The van der Waals surface area contributed by atoms with Gasteiger partial charge in [0.2, 0.25) is 0 Å². The Morgan fingerprint density at radius 1 is 1.00 bits per heavy atom. The predicted octanol–water partition coefficient (Wildman–Crippen LogP) is 2.65. The molecule has 96 valence electrons. The highest BCUT2D eigenvalue weighted by Crippen LogP contribution is 2.30. The third kappa shape index (κ3) is 2.33. The molecule has 4 heteroatoms. The fraction of sp³-hybridized carbons (Fsp3) is 0.0667. The summed E-state index contributed by atoms with van der Waals surface area (Å²) in [6.07, 6.45) is 0. The van der Waals surface area contributed by atoms with Gasteiger partial charge in [-0.2, -0.15) is 0 Å². The van der Waals surface area contributed by atoms with E-state index in [-0.39, 0.29) is 5.57 Å². The summed E-state index contributed by atoms with van der Waals surface area (Å²) < 4.78 is 0. The third-order valence-corrected chi connectivity index (χ3v) is 3.00. The maximum atomic E-state index is 11.4. The molecule has 4 nitrogen and oxygen atoms in total. The van der Waals surface area contributed by atoms with Crippen LogP contribution in [-0.2, 0) is 9.59 Å². The lowest BCUT2D eigenvalue weighted by Crippen LogP contribution is -2.19. The Morgan fingerprint density at radius 2 is 1.63 bits per heavy atom. The second-order valence-electron chi connectivity index (χ2n) is 4.17. The Morgan fingerprint density at radius 3 is 2.26 bits per heavy atom. The number of aliphatic carboxylic acids is 2. The Hall–Kier alpha value is -2.62. The van der Waals surface area contributed by atoms with Gasteiger partial charge in [0.25, 0.3) is 0 Å². The van der Waals surface area contributed by atoms with Crippen molar-refractivity contribution in [1.82, 2.24) is 0 Å². The van der Waals surface area contributed by atoms with Crippen LogP contribution in [0.25, 0.3) is 10.8 Å². The summed E-state index contributed by atoms with van der Waals surface area (Å²) in [7, 11) is 0. The van der Waals surface area contributed by atoms with E-state index < -0.39 is 17.9 Å². The molecule has 0 aliphatic rings.